The summed E-state index contributed by atoms with van der Waals surface area (Å²) < 4.78 is 11.3. The molecule has 0 saturated carbocycles. The smallest absolute Gasteiger partial charge is 0.251 e. The predicted octanol–water partition coefficient (Wildman–Crippen LogP) is 4.13. The molecule has 0 aliphatic carbocycles. The summed E-state index contributed by atoms with van der Waals surface area (Å²) in [6.07, 6.45) is 3.20. The fourth-order valence-corrected chi connectivity index (χ4v) is 3.02. The first-order chi connectivity index (χ1) is 12.3. The highest BCUT2D eigenvalue weighted by molar-refractivity contribution is 5.94. The lowest BCUT2D eigenvalue weighted by Crippen LogP contribution is -2.28. The van der Waals surface area contributed by atoms with Gasteiger partial charge in [-0.3, -0.25) is 4.79 Å². The summed E-state index contributed by atoms with van der Waals surface area (Å²) >= 11 is 0. The highest BCUT2D eigenvalue weighted by Gasteiger charge is 2.16. The van der Waals surface area contributed by atoms with E-state index < -0.39 is 0 Å². The van der Waals surface area contributed by atoms with Crippen molar-refractivity contribution in [2.45, 2.75) is 38.3 Å². The van der Waals surface area contributed by atoms with E-state index in [-0.39, 0.29) is 18.1 Å². The molecule has 1 N–H and O–H groups in total. The molecule has 1 heterocycles. The van der Waals surface area contributed by atoms with Crippen LogP contribution in [0.25, 0.3) is 0 Å². The third-order valence-electron chi connectivity index (χ3n) is 4.49. The lowest BCUT2D eigenvalue weighted by molar-refractivity contribution is 0.0679. The van der Waals surface area contributed by atoms with Crippen molar-refractivity contribution in [1.29, 1.82) is 0 Å². The number of amides is 1. The number of rotatable bonds is 7. The minimum Gasteiger partial charge on any atom is -0.491 e. The van der Waals surface area contributed by atoms with Gasteiger partial charge in [0.1, 0.15) is 12.4 Å². The molecule has 1 aliphatic heterocycles. The van der Waals surface area contributed by atoms with E-state index in [4.69, 9.17) is 9.47 Å². The molecule has 4 heteroatoms. The van der Waals surface area contributed by atoms with Crippen molar-refractivity contribution in [3.63, 3.8) is 0 Å². The Morgan fingerprint density at radius 2 is 1.96 bits per heavy atom. The van der Waals surface area contributed by atoms with Crippen LogP contribution in [0, 0.1) is 0 Å². The largest absolute Gasteiger partial charge is 0.491 e. The Bertz CT molecular complexity index is 663. The van der Waals surface area contributed by atoms with Gasteiger partial charge in [-0.05, 0) is 49.1 Å². The van der Waals surface area contributed by atoms with Crippen molar-refractivity contribution in [3.05, 3.63) is 65.7 Å². The highest BCUT2D eigenvalue weighted by Crippen LogP contribution is 2.19. The molecule has 0 bridgehead atoms. The van der Waals surface area contributed by atoms with Crippen molar-refractivity contribution in [3.8, 4) is 5.75 Å². The van der Waals surface area contributed by atoms with E-state index in [1.54, 1.807) is 12.1 Å². The molecule has 1 aliphatic rings. The molecule has 4 nitrogen and oxygen atoms in total. The van der Waals surface area contributed by atoms with Crippen molar-refractivity contribution in [2.24, 2.45) is 0 Å². The van der Waals surface area contributed by atoms with Gasteiger partial charge in [0.05, 0.1) is 12.1 Å². The maximum Gasteiger partial charge on any atom is 0.251 e. The van der Waals surface area contributed by atoms with Gasteiger partial charge < -0.3 is 14.8 Å². The molecule has 0 spiro atoms. The third kappa shape index (κ3) is 4.83. The van der Waals surface area contributed by atoms with Crippen molar-refractivity contribution < 1.29 is 14.3 Å². The number of carbonyl (C=O) groups excluding carboxylic acids is 1. The molecule has 132 valence electrons. The average Bonchev–Trinajstić information content (AvgIpc) is 3.19. The summed E-state index contributed by atoms with van der Waals surface area (Å²) in [4.78, 5) is 12.5. The van der Waals surface area contributed by atoms with Gasteiger partial charge in [-0.1, -0.05) is 37.3 Å². The first-order valence-electron chi connectivity index (χ1n) is 8.96. The molecule has 1 fully saturated rings. The van der Waals surface area contributed by atoms with Crippen LogP contribution in [0.3, 0.4) is 0 Å². The van der Waals surface area contributed by atoms with Crippen LogP contribution in [0.1, 0.15) is 48.1 Å². The van der Waals surface area contributed by atoms with Crippen molar-refractivity contribution >= 4 is 5.91 Å². The number of hydrogen-bond acceptors (Lipinski definition) is 3. The van der Waals surface area contributed by atoms with Crippen LogP contribution >= 0.6 is 0 Å². The Morgan fingerprint density at radius 3 is 2.60 bits per heavy atom. The molecule has 0 radical (unpaired) electrons. The van der Waals surface area contributed by atoms with E-state index in [1.165, 1.54) is 0 Å². The molecule has 0 aromatic heterocycles. The predicted molar refractivity (Wildman–Crippen MR) is 97.9 cm³/mol. The van der Waals surface area contributed by atoms with Crippen molar-refractivity contribution in [1.82, 2.24) is 5.32 Å². The Morgan fingerprint density at radius 1 is 1.20 bits per heavy atom. The Balaban J connectivity index is 1.56. The molecular weight excluding hydrogens is 314 g/mol. The number of carbonyl (C=O) groups is 1. The standard InChI is InChI=1S/C21H25NO3/c1-2-20(16-7-4-3-5-8-16)22-21(23)17-10-12-18(13-11-17)25-15-19-9-6-14-24-19/h3-5,7-8,10-13,19-20H,2,6,9,14-15H2,1H3,(H,22,23)/t19-,20+/m0/s1. The zero-order valence-electron chi connectivity index (χ0n) is 14.6. The fourth-order valence-electron chi connectivity index (χ4n) is 3.02. The van der Waals surface area contributed by atoms with E-state index in [1.807, 2.05) is 42.5 Å². The van der Waals surface area contributed by atoms with Gasteiger partial charge in [0.25, 0.3) is 5.91 Å². The second-order valence-electron chi connectivity index (χ2n) is 6.32. The highest BCUT2D eigenvalue weighted by atomic mass is 16.5. The molecule has 2 atom stereocenters. The zero-order valence-corrected chi connectivity index (χ0v) is 14.6. The molecule has 0 unspecified atom stereocenters. The average molecular weight is 339 g/mol. The quantitative estimate of drug-likeness (QED) is 0.825. The van der Waals surface area contributed by atoms with Crippen molar-refractivity contribution in [2.75, 3.05) is 13.2 Å². The normalized spacial score (nSPS) is 17.9. The Labute approximate surface area is 149 Å². The number of nitrogens with one attached hydrogen (secondary N) is 1. The second kappa shape index (κ2) is 8.67. The van der Waals surface area contributed by atoms with Gasteiger partial charge in [-0.25, -0.2) is 0 Å². The minimum atomic E-state index is -0.0682. The molecule has 1 amide bonds. The van der Waals surface area contributed by atoms with Gasteiger partial charge in [0.2, 0.25) is 0 Å². The van der Waals surface area contributed by atoms with Gasteiger partial charge in [0, 0.05) is 12.2 Å². The fraction of sp³-hybridized carbons (Fsp3) is 0.381. The van der Waals surface area contributed by atoms with Crippen LogP contribution < -0.4 is 10.1 Å². The Kier molecular flexibility index (Phi) is 6.07. The molecule has 25 heavy (non-hydrogen) atoms. The minimum absolute atomic E-state index is 0.0177. The first-order valence-corrected chi connectivity index (χ1v) is 8.96. The Hall–Kier alpha value is -2.33. The molecular formula is C21H25NO3. The lowest BCUT2D eigenvalue weighted by Gasteiger charge is -2.17. The summed E-state index contributed by atoms with van der Waals surface area (Å²) in [5, 5.41) is 3.10. The monoisotopic (exact) mass is 339 g/mol. The van der Waals surface area contributed by atoms with Crippen LogP contribution in [-0.4, -0.2) is 25.2 Å². The zero-order chi connectivity index (χ0) is 17.5. The van der Waals surface area contributed by atoms with Gasteiger partial charge in [-0.15, -0.1) is 0 Å². The van der Waals surface area contributed by atoms with Crippen LogP contribution in [0.2, 0.25) is 0 Å². The molecule has 3 rings (SSSR count). The van der Waals surface area contributed by atoms with Crippen LogP contribution in [-0.2, 0) is 4.74 Å². The third-order valence-corrected chi connectivity index (χ3v) is 4.49. The van der Waals surface area contributed by atoms with E-state index >= 15 is 0 Å². The van der Waals surface area contributed by atoms with E-state index in [0.717, 1.165) is 37.2 Å². The van der Waals surface area contributed by atoms with Gasteiger partial charge >= 0.3 is 0 Å². The van der Waals surface area contributed by atoms with Crippen LogP contribution in [0.15, 0.2) is 54.6 Å². The molecule has 2 aromatic carbocycles. The maximum absolute atomic E-state index is 12.5. The SMILES string of the molecule is CC[C@@H](NC(=O)c1ccc(OC[C@@H]2CCCO2)cc1)c1ccccc1. The van der Waals surface area contributed by atoms with E-state index in [2.05, 4.69) is 12.2 Å². The van der Waals surface area contributed by atoms with E-state index in [0.29, 0.717) is 12.2 Å². The number of benzene rings is 2. The second-order valence-corrected chi connectivity index (χ2v) is 6.32. The summed E-state index contributed by atoms with van der Waals surface area (Å²) in [6.45, 7) is 3.46. The lowest BCUT2D eigenvalue weighted by atomic mass is 10.0. The topological polar surface area (TPSA) is 47.6 Å². The molecule has 2 aromatic rings. The first kappa shape index (κ1) is 17.5. The summed E-state index contributed by atoms with van der Waals surface area (Å²) in [7, 11) is 0. The molecule has 1 saturated heterocycles. The number of hydrogen-bond donors (Lipinski definition) is 1. The summed E-state index contributed by atoms with van der Waals surface area (Å²) in [6, 6.07) is 17.3. The number of ether oxygens (including phenoxy) is 2. The summed E-state index contributed by atoms with van der Waals surface area (Å²) in [5.41, 5.74) is 1.76. The maximum atomic E-state index is 12.5. The summed E-state index contributed by atoms with van der Waals surface area (Å²) in [5.74, 6) is 0.698. The van der Waals surface area contributed by atoms with Gasteiger partial charge in [-0.2, -0.15) is 0 Å². The van der Waals surface area contributed by atoms with Crippen LogP contribution in [0.5, 0.6) is 5.75 Å². The van der Waals surface area contributed by atoms with E-state index in [9.17, 15) is 4.79 Å². The van der Waals surface area contributed by atoms with Crippen LogP contribution in [0.4, 0.5) is 0 Å². The van der Waals surface area contributed by atoms with Gasteiger partial charge in [0.15, 0.2) is 0 Å².